The van der Waals surface area contributed by atoms with Gasteiger partial charge in [0.25, 0.3) is 0 Å². The molecule has 0 aliphatic heterocycles. The van der Waals surface area contributed by atoms with Crippen molar-refractivity contribution in [2.24, 2.45) is 0 Å². The van der Waals surface area contributed by atoms with E-state index in [1.807, 2.05) is 30.5 Å². The van der Waals surface area contributed by atoms with Crippen LogP contribution in [0.3, 0.4) is 0 Å². The second-order valence-electron chi connectivity index (χ2n) is 4.66. The van der Waals surface area contributed by atoms with Gasteiger partial charge in [-0.15, -0.1) is 0 Å². The van der Waals surface area contributed by atoms with E-state index >= 15 is 0 Å². The SMILES string of the molecule is N#Cc1ccc(NCc2c[nH]c3cc(Cl)ccc23)c(Cl)c1. The molecular weight excluding hydrogens is 305 g/mol. The maximum absolute atomic E-state index is 8.83. The van der Waals surface area contributed by atoms with Gasteiger partial charge in [-0.2, -0.15) is 5.26 Å². The Bertz CT molecular complexity index is 846. The normalized spacial score (nSPS) is 10.5. The third kappa shape index (κ3) is 2.82. The van der Waals surface area contributed by atoms with Gasteiger partial charge in [-0.25, -0.2) is 0 Å². The van der Waals surface area contributed by atoms with E-state index in [1.54, 1.807) is 12.1 Å². The molecule has 0 radical (unpaired) electrons. The van der Waals surface area contributed by atoms with E-state index in [1.165, 1.54) is 0 Å². The number of nitrogens with zero attached hydrogens (tertiary/aromatic N) is 1. The Morgan fingerprint density at radius 3 is 2.76 bits per heavy atom. The molecule has 1 heterocycles. The third-order valence-corrected chi connectivity index (χ3v) is 3.84. The number of anilines is 1. The van der Waals surface area contributed by atoms with E-state index < -0.39 is 0 Å². The number of aromatic amines is 1. The minimum Gasteiger partial charge on any atom is -0.380 e. The smallest absolute Gasteiger partial charge is 0.0992 e. The number of hydrogen-bond acceptors (Lipinski definition) is 2. The van der Waals surface area contributed by atoms with Crippen molar-refractivity contribution in [3.63, 3.8) is 0 Å². The van der Waals surface area contributed by atoms with Gasteiger partial charge in [0, 0.05) is 28.7 Å². The molecular formula is C16H11Cl2N3. The van der Waals surface area contributed by atoms with Crippen LogP contribution in [-0.2, 0) is 6.54 Å². The summed E-state index contributed by atoms with van der Waals surface area (Å²) in [6, 6.07) is 13.0. The second-order valence-corrected chi connectivity index (χ2v) is 5.51. The highest BCUT2D eigenvalue weighted by atomic mass is 35.5. The molecule has 2 aromatic carbocycles. The third-order valence-electron chi connectivity index (χ3n) is 3.30. The number of H-pyrrole nitrogens is 1. The zero-order valence-electron chi connectivity index (χ0n) is 11.0. The number of aromatic nitrogens is 1. The van der Waals surface area contributed by atoms with Gasteiger partial charge >= 0.3 is 0 Å². The van der Waals surface area contributed by atoms with Gasteiger partial charge in [0.15, 0.2) is 0 Å². The van der Waals surface area contributed by atoms with Crippen molar-refractivity contribution in [2.45, 2.75) is 6.54 Å². The van der Waals surface area contributed by atoms with Gasteiger partial charge in [-0.1, -0.05) is 29.3 Å². The van der Waals surface area contributed by atoms with E-state index in [0.29, 0.717) is 22.2 Å². The predicted octanol–water partition coefficient (Wildman–Crippen LogP) is 4.96. The summed E-state index contributed by atoms with van der Waals surface area (Å²) in [5, 5.41) is 14.5. The molecule has 0 amide bonds. The van der Waals surface area contributed by atoms with Crippen LogP contribution >= 0.6 is 23.2 Å². The van der Waals surface area contributed by atoms with Crippen molar-refractivity contribution in [2.75, 3.05) is 5.32 Å². The quantitative estimate of drug-likeness (QED) is 0.717. The van der Waals surface area contributed by atoms with Crippen LogP contribution in [0.4, 0.5) is 5.69 Å². The first-order valence-corrected chi connectivity index (χ1v) is 7.12. The maximum atomic E-state index is 8.83. The number of hydrogen-bond donors (Lipinski definition) is 2. The molecule has 3 nitrogen and oxygen atoms in total. The van der Waals surface area contributed by atoms with E-state index in [0.717, 1.165) is 22.2 Å². The fraction of sp³-hybridized carbons (Fsp3) is 0.0625. The van der Waals surface area contributed by atoms with Gasteiger partial charge in [-0.05, 0) is 35.9 Å². The number of nitrogens with one attached hydrogen (secondary N) is 2. The fourth-order valence-corrected chi connectivity index (χ4v) is 2.64. The molecule has 0 saturated heterocycles. The Kier molecular flexibility index (Phi) is 3.74. The maximum Gasteiger partial charge on any atom is 0.0992 e. The van der Waals surface area contributed by atoms with Gasteiger partial charge in [0.2, 0.25) is 0 Å². The number of nitriles is 1. The van der Waals surface area contributed by atoms with Crippen molar-refractivity contribution in [1.29, 1.82) is 5.26 Å². The summed E-state index contributed by atoms with van der Waals surface area (Å²) in [6.45, 7) is 0.632. The van der Waals surface area contributed by atoms with Crippen LogP contribution in [0.1, 0.15) is 11.1 Å². The minimum atomic E-state index is 0.539. The van der Waals surface area contributed by atoms with Gasteiger partial charge in [-0.3, -0.25) is 0 Å². The van der Waals surface area contributed by atoms with Crippen LogP contribution < -0.4 is 5.32 Å². The largest absolute Gasteiger partial charge is 0.380 e. The van der Waals surface area contributed by atoms with E-state index in [2.05, 4.69) is 16.4 Å². The fourth-order valence-electron chi connectivity index (χ4n) is 2.22. The number of rotatable bonds is 3. The first-order valence-electron chi connectivity index (χ1n) is 6.36. The molecule has 0 atom stereocenters. The lowest BCUT2D eigenvalue weighted by atomic mass is 10.1. The molecule has 0 aliphatic carbocycles. The Labute approximate surface area is 132 Å². The minimum absolute atomic E-state index is 0.539. The van der Waals surface area contributed by atoms with Gasteiger partial charge in [0.05, 0.1) is 22.3 Å². The van der Waals surface area contributed by atoms with Crippen molar-refractivity contribution >= 4 is 39.8 Å². The van der Waals surface area contributed by atoms with Crippen LogP contribution in [0, 0.1) is 11.3 Å². The summed E-state index contributed by atoms with van der Waals surface area (Å²) < 4.78 is 0. The molecule has 2 N–H and O–H groups in total. The monoisotopic (exact) mass is 315 g/mol. The molecule has 0 fully saturated rings. The molecule has 0 unspecified atom stereocenters. The molecule has 21 heavy (non-hydrogen) atoms. The van der Waals surface area contributed by atoms with Crippen molar-refractivity contribution in [3.8, 4) is 6.07 Å². The molecule has 5 heteroatoms. The first kappa shape index (κ1) is 13.8. The molecule has 0 bridgehead atoms. The highest BCUT2D eigenvalue weighted by Gasteiger charge is 2.06. The Morgan fingerprint density at radius 1 is 1.14 bits per heavy atom. The zero-order valence-corrected chi connectivity index (χ0v) is 12.5. The van der Waals surface area contributed by atoms with E-state index in [4.69, 9.17) is 28.5 Å². The highest BCUT2D eigenvalue weighted by molar-refractivity contribution is 6.33. The van der Waals surface area contributed by atoms with Crippen LogP contribution in [0.5, 0.6) is 0 Å². The lowest BCUT2D eigenvalue weighted by Gasteiger charge is -2.08. The van der Waals surface area contributed by atoms with Crippen LogP contribution in [0.25, 0.3) is 10.9 Å². The Morgan fingerprint density at radius 2 is 2.00 bits per heavy atom. The average molecular weight is 316 g/mol. The van der Waals surface area contributed by atoms with Crippen molar-refractivity contribution in [1.82, 2.24) is 4.98 Å². The zero-order chi connectivity index (χ0) is 14.8. The average Bonchev–Trinajstić information content (AvgIpc) is 2.88. The molecule has 0 aliphatic rings. The molecule has 3 aromatic rings. The lowest BCUT2D eigenvalue weighted by Crippen LogP contribution is -1.99. The number of benzene rings is 2. The van der Waals surface area contributed by atoms with Gasteiger partial charge in [0.1, 0.15) is 0 Å². The highest BCUT2D eigenvalue weighted by Crippen LogP contribution is 2.26. The Hall–Kier alpha value is -2.15. The van der Waals surface area contributed by atoms with E-state index in [9.17, 15) is 0 Å². The summed E-state index contributed by atoms with van der Waals surface area (Å²) >= 11 is 12.1. The van der Waals surface area contributed by atoms with Crippen LogP contribution in [0.15, 0.2) is 42.6 Å². The summed E-state index contributed by atoms with van der Waals surface area (Å²) in [4.78, 5) is 3.20. The number of fused-ring (bicyclic) bond motifs is 1. The lowest BCUT2D eigenvalue weighted by molar-refractivity contribution is 1.16. The Balaban J connectivity index is 1.82. The molecule has 0 spiro atoms. The molecule has 1 aromatic heterocycles. The van der Waals surface area contributed by atoms with Crippen molar-refractivity contribution < 1.29 is 0 Å². The topological polar surface area (TPSA) is 51.6 Å². The second kappa shape index (κ2) is 5.69. The van der Waals surface area contributed by atoms with Crippen LogP contribution in [0.2, 0.25) is 10.0 Å². The first-order chi connectivity index (χ1) is 10.2. The predicted molar refractivity (Wildman–Crippen MR) is 86.8 cm³/mol. The molecule has 104 valence electrons. The summed E-state index contributed by atoms with van der Waals surface area (Å²) in [5.74, 6) is 0. The molecule has 0 saturated carbocycles. The summed E-state index contributed by atoms with van der Waals surface area (Å²) in [5.41, 5.74) is 3.48. The van der Waals surface area contributed by atoms with E-state index in [-0.39, 0.29) is 0 Å². The molecule has 3 rings (SSSR count). The van der Waals surface area contributed by atoms with Crippen molar-refractivity contribution in [3.05, 3.63) is 63.8 Å². The van der Waals surface area contributed by atoms with Crippen LogP contribution in [-0.4, -0.2) is 4.98 Å². The summed E-state index contributed by atoms with van der Waals surface area (Å²) in [7, 11) is 0. The number of halogens is 2. The van der Waals surface area contributed by atoms with Gasteiger partial charge < -0.3 is 10.3 Å². The summed E-state index contributed by atoms with van der Waals surface area (Å²) in [6.07, 6.45) is 1.95. The standard InChI is InChI=1S/C16H11Cl2N3/c17-12-2-3-13-11(9-21-16(13)6-12)8-20-15-4-1-10(7-19)5-14(15)18/h1-6,9,20-21H,8H2.